The molecule has 0 radical (unpaired) electrons. The van der Waals surface area contributed by atoms with Gasteiger partial charge in [0.15, 0.2) is 5.82 Å². The van der Waals surface area contributed by atoms with Crippen LogP contribution in [-0.2, 0) is 11.3 Å². The number of hydrogen-bond donors (Lipinski definition) is 1. The number of fused-ring (bicyclic) bond motifs is 1. The Labute approximate surface area is 125 Å². The molecule has 0 unspecified atom stereocenters. The number of carbonyl (C=O) groups excluding carboxylic acids is 1. The number of aromatic nitrogens is 3. The largest absolute Gasteiger partial charge is 0.360 e. The molecule has 0 aliphatic rings. The Morgan fingerprint density at radius 1 is 1.36 bits per heavy atom. The monoisotopic (exact) mass is 298 g/mol. The predicted molar refractivity (Wildman–Crippen MR) is 80.6 cm³/mol. The summed E-state index contributed by atoms with van der Waals surface area (Å²) in [6, 6.07) is 6.98. The maximum atomic E-state index is 12.4. The van der Waals surface area contributed by atoms with Crippen molar-refractivity contribution in [2.75, 3.05) is 5.32 Å². The molecule has 0 atom stereocenters. The highest BCUT2D eigenvalue weighted by Gasteiger charge is 2.10. The zero-order valence-corrected chi connectivity index (χ0v) is 12.2. The number of aryl methyl sites for hydroxylation is 2. The van der Waals surface area contributed by atoms with Crippen molar-refractivity contribution in [3.05, 3.63) is 52.3 Å². The van der Waals surface area contributed by atoms with Crippen LogP contribution >= 0.6 is 0 Å². The van der Waals surface area contributed by atoms with Crippen molar-refractivity contribution >= 4 is 22.6 Å². The van der Waals surface area contributed by atoms with Gasteiger partial charge in [-0.3, -0.25) is 14.2 Å². The molecule has 2 aromatic heterocycles. The molecule has 1 aromatic carbocycles. The molecule has 0 bridgehead atoms. The second kappa shape index (κ2) is 5.44. The number of anilines is 1. The number of para-hydroxylation sites is 1. The van der Waals surface area contributed by atoms with E-state index in [1.165, 1.54) is 10.9 Å². The molecule has 3 aromatic rings. The van der Waals surface area contributed by atoms with Crippen LogP contribution in [0.2, 0.25) is 0 Å². The van der Waals surface area contributed by atoms with Gasteiger partial charge < -0.3 is 9.84 Å². The molecule has 3 rings (SSSR count). The molecule has 7 heteroatoms. The molecule has 22 heavy (non-hydrogen) atoms. The van der Waals surface area contributed by atoms with Gasteiger partial charge in [0.25, 0.3) is 5.56 Å². The summed E-state index contributed by atoms with van der Waals surface area (Å²) in [6.45, 7) is 3.48. The average molecular weight is 298 g/mol. The van der Waals surface area contributed by atoms with Gasteiger partial charge in [-0.05, 0) is 25.5 Å². The van der Waals surface area contributed by atoms with E-state index in [9.17, 15) is 9.59 Å². The van der Waals surface area contributed by atoms with Gasteiger partial charge in [-0.2, -0.15) is 0 Å². The molecule has 1 N–H and O–H groups in total. The van der Waals surface area contributed by atoms with E-state index in [1.807, 2.05) is 13.0 Å². The third-order valence-electron chi connectivity index (χ3n) is 3.26. The SMILES string of the molecule is Cc1cc(NC(=O)Cn2cnc3c(C)cccc3c2=O)no1. The minimum atomic E-state index is -0.371. The number of hydrogen-bond acceptors (Lipinski definition) is 5. The van der Waals surface area contributed by atoms with Crippen molar-refractivity contribution in [2.24, 2.45) is 0 Å². The Hall–Kier alpha value is -2.96. The first-order valence-corrected chi connectivity index (χ1v) is 6.72. The van der Waals surface area contributed by atoms with Crippen LogP contribution in [0.1, 0.15) is 11.3 Å². The van der Waals surface area contributed by atoms with Crippen molar-refractivity contribution in [2.45, 2.75) is 20.4 Å². The summed E-state index contributed by atoms with van der Waals surface area (Å²) in [5.74, 6) is 0.541. The van der Waals surface area contributed by atoms with Gasteiger partial charge in [-0.25, -0.2) is 4.98 Å². The molecule has 1 amide bonds. The fourth-order valence-electron chi connectivity index (χ4n) is 2.21. The summed E-state index contributed by atoms with van der Waals surface area (Å²) in [5.41, 5.74) is 1.32. The molecule has 0 saturated carbocycles. The zero-order valence-electron chi connectivity index (χ0n) is 12.2. The van der Waals surface area contributed by atoms with Gasteiger partial charge in [0, 0.05) is 6.07 Å². The second-order valence-corrected chi connectivity index (χ2v) is 5.02. The number of amides is 1. The second-order valence-electron chi connectivity index (χ2n) is 5.02. The first-order chi connectivity index (χ1) is 10.5. The molecular formula is C15H14N4O3. The molecule has 0 aliphatic heterocycles. The van der Waals surface area contributed by atoms with Crippen LogP contribution in [0.25, 0.3) is 10.9 Å². The molecule has 7 nitrogen and oxygen atoms in total. The quantitative estimate of drug-likeness (QED) is 0.794. The number of nitrogens with one attached hydrogen (secondary N) is 1. The van der Waals surface area contributed by atoms with Gasteiger partial charge in [-0.15, -0.1) is 0 Å². The Balaban J connectivity index is 1.86. The van der Waals surface area contributed by atoms with Crippen LogP contribution in [0.4, 0.5) is 5.82 Å². The van der Waals surface area contributed by atoms with E-state index in [-0.39, 0.29) is 18.0 Å². The number of carbonyl (C=O) groups is 1. The van der Waals surface area contributed by atoms with Crippen molar-refractivity contribution in [3.63, 3.8) is 0 Å². The summed E-state index contributed by atoms with van der Waals surface area (Å²) >= 11 is 0. The van der Waals surface area contributed by atoms with E-state index in [0.717, 1.165) is 5.56 Å². The highest BCUT2D eigenvalue weighted by Crippen LogP contribution is 2.11. The van der Waals surface area contributed by atoms with Gasteiger partial charge in [-0.1, -0.05) is 17.3 Å². The summed E-state index contributed by atoms with van der Waals surface area (Å²) in [4.78, 5) is 28.6. The standard InChI is InChI=1S/C15H14N4O3/c1-9-4-3-5-11-14(9)16-8-19(15(11)21)7-13(20)17-12-6-10(2)22-18-12/h3-6,8H,7H2,1-2H3,(H,17,18,20). The van der Waals surface area contributed by atoms with Crippen molar-refractivity contribution in [1.82, 2.24) is 14.7 Å². The molecule has 112 valence electrons. The predicted octanol–water partition coefficient (Wildman–Crippen LogP) is 1.64. The Morgan fingerprint density at radius 2 is 2.18 bits per heavy atom. The lowest BCUT2D eigenvalue weighted by molar-refractivity contribution is -0.116. The van der Waals surface area contributed by atoms with Crippen molar-refractivity contribution < 1.29 is 9.32 Å². The average Bonchev–Trinajstić information content (AvgIpc) is 2.88. The van der Waals surface area contributed by atoms with Gasteiger partial charge in [0.05, 0.1) is 17.2 Å². The van der Waals surface area contributed by atoms with Crippen LogP contribution in [0.15, 0.2) is 39.9 Å². The van der Waals surface area contributed by atoms with E-state index in [4.69, 9.17) is 4.52 Å². The normalized spacial score (nSPS) is 10.8. The lowest BCUT2D eigenvalue weighted by atomic mass is 10.1. The Kier molecular flexibility index (Phi) is 3.46. The minimum absolute atomic E-state index is 0.137. The van der Waals surface area contributed by atoms with Gasteiger partial charge in [0.1, 0.15) is 12.3 Å². The van der Waals surface area contributed by atoms with Gasteiger partial charge in [0.2, 0.25) is 5.91 Å². The van der Waals surface area contributed by atoms with E-state index < -0.39 is 0 Å². The summed E-state index contributed by atoms with van der Waals surface area (Å²) < 4.78 is 6.13. The number of rotatable bonds is 3. The maximum Gasteiger partial charge on any atom is 0.261 e. The van der Waals surface area contributed by atoms with E-state index in [1.54, 1.807) is 25.1 Å². The van der Waals surface area contributed by atoms with Gasteiger partial charge >= 0.3 is 0 Å². The summed E-state index contributed by atoms with van der Waals surface area (Å²) in [7, 11) is 0. The Morgan fingerprint density at radius 3 is 2.91 bits per heavy atom. The van der Waals surface area contributed by atoms with Crippen molar-refractivity contribution in [1.29, 1.82) is 0 Å². The van der Waals surface area contributed by atoms with Crippen LogP contribution in [0, 0.1) is 13.8 Å². The number of nitrogens with zero attached hydrogens (tertiary/aromatic N) is 3. The highest BCUT2D eigenvalue weighted by atomic mass is 16.5. The fourth-order valence-corrected chi connectivity index (χ4v) is 2.21. The van der Waals surface area contributed by atoms with Crippen LogP contribution in [0.5, 0.6) is 0 Å². The third kappa shape index (κ3) is 2.60. The topological polar surface area (TPSA) is 90.0 Å². The summed E-state index contributed by atoms with van der Waals surface area (Å²) in [5, 5.41) is 6.73. The Bertz CT molecular complexity index is 911. The molecule has 0 aliphatic carbocycles. The van der Waals surface area contributed by atoms with E-state index in [0.29, 0.717) is 22.5 Å². The molecule has 0 spiro atoms. The highest BCUT2D eigenvalue weighted by molar-refractivity contribution is 5.89. The minimum Gasteiger partial charge on any atom is -0.360 e. The van der Waals surface area contributed by atoms with Crippen LogP contribution in [-0.4, -0.2) is 20.6 Å². The lowest BCUT2D eigenvalue weighted by Crippen LogP contribution is -2.28. The van der Waals surface area contributed by atoms with Crippen LogP contribution in [0.3, 0.4) is 0 Å². The van der Waals surface area contributed by atoms with E-state index >= 15 is 0 Å². The molecular weight excluding hydrogens is 284 g/mol. The first-order valence-electron chi connectivity index (χ1n) is 6.72. The third-order valence-corrected chi connectivity index (χ3v) is 3.26. The lowest BCUT2D eigenvalue weighted by Gasteiger charge is -2.07. The number of benzene rings is 1. The molecule has 0 saturated heterocycles. The fraction of sp³-hybridized carbons (Fsp3) is 0.200. The smallest absolute Gasteiger partial charge is 0.261 e. The van der Waals surface area contributed by atoms with Crippen molar-refractivity contribution in [3.8, 4) is 0 Å². The molecule has 0 fully saturated rings. The van der Waals surface area contributed by atoms with E-state index in [2.05, 4.69) is 15.5 Å². The van der Waals surface area contributed by atoms with Crippen LogP contribution < -0.4 is 10.9 Å². The maximum absolute atomic E-state index is 12.4. The first kappa shape index (κ1) is 14.0. The summed E-state index contributed by atoms with van der Waals surface area (Å²) in [6.07, 6.45) is 1.38. The molecule has 2 heterocycles. The zero-order chi connectivity index (χ0) is 15.7.